The number of nitrogens with one attached hydrogen (secondary N) is 1. The molecule has 1 saturated heterocycles. The SMILES string of the molecule is CCc1ccccc1NCCCN1CCCCC1. The van der Waals surface area contributed by atoms with Crippen LogP contribution >= 0.6 is 0 Å². The van der Waals surface area contributed by atoms with E-state index < -0.39 is 0 Å². The number of rotatable bonds is 6. The van der Waals surface area contributed by atoms with E-state index in [9.17, 15) is 0 Å². The molecule has 2 heteroatoms. The van der Waals surface area contributed by atoms with Crippen LogP contribution in [0.4, 0.5) is 5.69 Å². The van der Waals surface area contributed by atoms with E-state index in [1.165, 1.54) is 56.6 Å². The molecule has 1 aromatic rings. The number of hydrogen-bond acceptors (Lipinski definition) is 2. The van der Waals surface area contributed by atoms with Gasteiger partial charge in [0.05, 0.1) is 0 Å². The molecule has 1 aliphatic heterocycles. The summed E-state index contributed by atoms with van der Waals surface area (Å²) in [5, 5.41) is 3.58. The molecule has 1 N–H and O–H groups in total. The van der Waals surface area contributed by atoms with Crippen molar-refractivity contribution in [3.8, 4) is 0 Å². The smallest absolute Gasteiger partial charge is 0.0372 e. The summed E-state index contributed by atoms with van der Waals surface area (Å²) in [7, 11) is 0. The second kappa shape index (κ2) is 7.42. The molecule has 2 rings (SSSR count). The Morgan fingerprint density at radius 3 is 2.67 bits per heavy atom. The van der Waals surface area contributed by atoms with E-state index in [1.807, 2.05) is 0 Å². The van der Waals surface area contributed by atoms with Crippen LogP contribution in [0.3, 0.4) is 0 Å². The van der Waals surface area contributed by atoms with Crippen LogP contribution in [0, 0.1) is 0 Å². The highest BCUT2D eigenvalue weighted by Crippen LogP contribution is 2.15. The Hall–Kier alpha value is -1.02. The van der Waals surface area contributed by atoms with Crippen LogP contribution in [0.1, 0.15) is 38.2 Å². The number of nitrogens with zero attached hydrogens (tertiary/aromatic N) is 1. The lowest BCUT2D eigenvalue weighted by Gasteiger charge is -2.26. The Labute approximate surface area is 111 Å². The first kappa shape index (κ1) is 13.4. The first-order valence-corrected chi connectivity index (χ1v) is 7.44. The van der Waals surface area contributed by atoms with E-state index in [1.54, 1.807) is 0 Å². The Morgan fingerprint density at radius 2 is 1.89 bits per heavy atom. The number of benzene rings is 1. The molecule has 0 amide bonds. The average molecular weight is 246 g/mol. The molecule has 0 spiro atoms. The largest absolute Gasteiger partial charge is 0.385 e. The molecule has 0 aromatic heterocycles. The highest BCUT2D eigenvalue weighted by atomic mass is 15.1. The molecular formula is C16H26N2. The number of hydrogen-bond donors (Lipinski definition) is 1. The topological polar surface area (TPSA) is 15.3 Å². The maximum Gasteiger partial charge on any atom is 0.0372 e. The lowest BCUT2D eigenvalue weighted by Crippen LogP contribution is -2.31. The van der Waals surface area contributed by atoms with Gasteiger partial charge in [0.2, 0.25) is 0 Å². The van der Waals surface area contributed by atoms with Gasteiger partial charge in [-0.05, 0) is 56.9 Å². The van der Waals surface area contributed by atoms with Crippen LogP contribution < -0.4 is 5.32 Å². The predicted octanol–water partition coefficient (Wildman–Crippen LogP) is 3.54. The fraction of sp³-hybridized carbons (Fsp3) is 0.625. The van der Waals surface area contributed by atoms with E-state index in [0.717, 1.165) is 13.0 Å². The minimum Gasteiger partial charge on any atom is -0.385 e. The molecule has 100 valence electrons. The molecular weight excluding hydrogens is 220 g/mol. The Kier molecular flexibility index (Phi) is 5.53. The van der Waals surface area contributed by atoms with Gasteiger partial charge in [-0.3, -0.25) is 0 Å². The molecule has 1 heterocycles. The van der Waals surface area contributed by atoms with Gasteiger partial charge >= 0.3 is 0 Å². The zero-order valence-corrected chi connectivity index (χ0v) is 11.6. The van der Waals surface area contributed by atoms with E-state index in [-0.39, 0.29) is 0 Å². The standard InChI is InChI=1S/C16H26N2/c1-2-15-9-4-5-10-16(15)17-11-8-14-18-12-6-3-7-13-18/h4-5,9-10,17H,2-3,6-8,11-14H2,1H3. The van der Waals surface area contributed by atoms with Gasteiger partial charge in [0.15, 0.2) is 0 Å². The molecule has 1 aromatic carbocycles. The third-order valence-corrected chi connectivity index (χ3v) is 3.81. The van der Waals surface area contributed by atoms with Crippen molar-refractivity contribution in [2.75, 3.05) is 31.5 Å². The van der Waals surface area contributed by atoms with Crippen LogP contribution in [-0.2, 0) is 6.42 Å². The van der Waals surface area contributed by atoms with Gasteiger partial charge in [0, 0.05) is 12.2 Å². The first-order valence-electron chi connectivity index (χ1n) is 7.44. The van der Waals surface area contributed by atoms with Crippen molar-refractivity contribution in [3.05, 3.63) is 29.8 Å². The van der Waals surface area contributed by atoms with Crippen LogP contribution in [0.15, 0.2) is 24.3 Å². The van der Waals surface area contributed by atoms with Crippen molar-refractivity contribution in [1.29, 1.82) is 0 Å². The van der Waals surface area contributed by atoms with E-state index in [2.05, 4.69) is 41.4 Å². The normalized spacial score (nSPS) is 16.7. The molecule has 0 aliphatic carbocycles. The quantitative estimate of drug-likeness (QED) is 0.772. The molecule has 0 saturated carbocycles. The van der Waals surface area contributed by atoms with Gasteiger partial charge < -0.3 is 10.2 Å². The Balaban J connectivity index is 1.68. The van der Waals surface area contributed by atoms with Crippen molar-refractivity contribution >= 4 is 5.69 Å². The van der Waals surface area contributed by atoms with Crippen LogP contribution in [0.2, 0.25) is 0 Å². The fourth-order valence-electron chi connectivity index (χ4n) is 2.71. The Bertz CT molecular complexity index is 343. The minimum atomic E-state index is 1.09. The lowest BCUT2D eigenvalue weighted by atomic mass is 10.1. The van der Waals surface area contributed by atoms with Crippen molar-refractivity contribution in [2.24, 2.45) is 0 Å². The molecule has 2 nitrogen and oxygen atoms in total. The summed E-state index contributed by atoms with van der Waals surface area (Å²) < 4.78 is 0. The average Bonchev–Trinajstić information content (AvgIpc) is 2.45. The zero-order valence-electron chi connectivity index (χ0n) is 11.6. The van der Waals surface area contributed by atoms with Crippen molar-refractivity contribution in [1.82, 2.24) is 4.90 Å². The fourth-order valence-corrected chi connectivity index (χ4v) is 2.71. The van der Waals surface area contributed by atoms with Crippen molar-refractivity contribution < 1.29 is 0 Å². The molecule has 0 atom stereocenters. The second-order valence-corrected chi connectivity index (χ2v) is 5.19. The van der Waals surface area contributed by atoms with Crippen LogP contribution in [-0.4, -0.2) is 31.1 Å². The maximum atomic E-state index is 3.58. The molecule has 1 aliphatic rings. The summed E-state index contributed by atoms with van der Waals surface area (Å²) in [6.07, 6.45) is 6.57. The summed E-state index contributed by atoms with van der Waals surface area (Å²) in [5.41, 5.74) is 2.74. The highest BCUT2D eigenvalue weighted by molar-refractivity contribution is 5.50. The van der Waals surface area contributed by atoms with Crippen molar-refractivity contribution in [2.45, 2.75) is 39.0 Å². The lowest BCUT2D eigenvalue weighted by molar-refractivity contribution is 0.228. The van der Waals surface area contributed by atoms with E-state index in [4.69, 9.17) is 0 Å². The maximum absolute atomic E-state index is 3.58. The van der Waals surface area contributed by atoms with Crippen LogP contribution in [0.25, 0.3) is 0 Å². The van der Waals surface area contributed by atoms with Gasteiger partial charge in [-0.15, -0.1) is 0 Å². The number of aryl methyl sites for hydroxylation is 1. The number of anilines is 1. The molecule has 18 heavy (non-hydrogen) atoms. The van der Waals surface area contributed by atoms with E-state index in [0.29, 0.717) is 0 Å². The number of para-hydroxylation sites is 1. The van der Waals surface area contributed by atoms with Gasteiger partial charge in [-0.1, -0.05) is 31.5 Å². The summed E-state index contributed by atoms with van der Waals surface area (Å²) in [6, 6.07) is 8.65. The van der Waals surface area contributed by atoms with Gasteiger partial charge in [-0.25, -0.2) is 0 Å². The van der Waals surface area contributed by atoms with E-state index >= 15 is 0 Å². The molecule has 0 unspecified atom stereocenters. The Morgan fingerprint density at radius 1 is 1.11 bits per heavy atom. The summed E-state index contributed by atoms with van der Waals surface area (Å²) in [4.78, 5) is 2.61. The second-order valence-electron chi connectivity index (χ2n) is 5.19. The third-order valence-electron chi connectivity index (χ3n) is 3.81. The molecule has 0 bridgehead atoms. The van der Waals surface area contributed by atoms with Gasteiger partial charge in [0.1, 0.15) is 0 Å². The van der Waals surface area contributed by atoms with Crippen molar-refractivity contribution in [3.63, 3.8) is 0 Å². The summed E-state index contributed by atoms with van der Waals surface area (Å²) in [5.74, 6) is 0. The van der Waals surface area contributed by atoms with Gasteiger partial charge in [0.25, 0.3) is 0 Å². The summed E-state index contributed by atoms with van der Waals surface area (Å²) >= 11 is 0. The summed E-state index contributed by atoms with van der Waals surface area (Å²) in [6.45, 7) is 7.18. The first-order chi connectivity index (χ1) is 8.90. The molecule has 1 fully saturated rings. The minimum absolute atomic E-state index is 1.09. The monoisotopic (exact) mass is 246 g/mol. The molecule has 0 radical (unpaired) electrons. The predicted molar refractivity (Wildman–Crippen MR) is 79.2 cm³/mol. The number of likely N-dealkylation sites (tertiary alicyclic amines) is 1. The van der Waals surface area contributed by atoms with Gasteiger partial charge in [-0.2, -0.15) is 0 Å². The highest BCUT2D eigenvalue weighted by Gasteiger charge is 2.08. The third kappa shape index (κ3) is 4.02. The van der Waals surface area contributed by atoms with Crippen LogP contribution in [0.5, 0.6) is 0 Å². The zero-order chi connectivity index (χ0) is 12.6. The number of piperidine rings is 1.